The summed E-state index contributed by atoms with van der Waals surface area (Å²) in [5, 5.41) is 1.19. The summed E-state index contributed by atoms with van der Waals surface area (Å²) >= 11 is 1.42. The van der Waals surface area contributed by atoms with Gasteiger partial charge in [-0.25, -0.2) is 4.98 Å². The fourth-order valence-corrected chi connectivity index (χ4v) is 5.71. The number of pyridine rings is 1. The molecule has 4 rings (SSSR count). The van der Waals surface area contributed by atoms with Crippen LogP contribution in [-0.4, -0.2) is 38.0 Å². The largest absolute Gasteiger partial charge is 0.371 e. The van der Waals surface area contributed by atoms with Gasteiger partial charge in [-0.05, 0) is 81.3 Å². The molecule has 31 heavy (non-hydrogen) atoms. The van der Waals surface area contributed by atoms with E-state index in [1.54, 1.807) is 0 Å². The molecule has 1 N–H and O–H groups in total. The van der Waals surface area contributed by atoms with Crippen molar-refractivity contribution in [3.63, 3.8) is 0 Å². The van der Waals surface area contributed by atoms with E-state index < -0.39 is 11.4 Å². The van der Waals surface area contributed by atoms with Crippen molar-refractivity contribution in [1.29, 1.82) is 0 Å². The number of fused-ring (bicyclic) bond motifs is 1. The van der Waals surface area contributed by atoms with Crippen molar-refractivity contribution in [3.05, 3.63) is 51.3 Å². The van der Waals surface area contributed by atoms with Gasteiger partial charge in [-0.1, -0.05) is 15.9 Å². The van der Waals surface area contributed by atoms with Gasteiger partial charge in [0.2, 0.25) is 0 Å². The van der Waals surface area contributed by atoms with Crippen LogP contribution in [0.1, 0.15) is 35.2 Å². The minimum atomic E-state index is -2.19. The molecule has 0 aliphatic carbocycles. The van der Waals surface area contributed by atoms with Crippen molar-refractivity contribution in [3.8, 4) is 5.69 Å². The number of benzene rings is 1. The average molecular weight is 506 g/mol. The highest BCUT2D eigenvalue weighted by molar-refractivity contribution is 9.10. The van der Waals surface area contributed by atoms with Gasteiger partial charge in [0.25, 0.3) is 0 Å². The second kappa shape index (κ2) is 9.02. The summed E-state index contributed by atoms with van der Waals surface area (Å²) in [4.78, 5) is 7.36. The van der Waals surface area contributed by atoms with E-state index in [1.165, 1.54) is 33.5 Å². The third kappa shape index (κ3) is 4.58. The van der Waals surface area contributed by atoms with Crippen LogP contribution in [0.15, 0.2) is 28.9 Å². The minimum absolute atomic E-state index is 0.310. The summed E-state index contributed by atoms with van der Waals surface area (Å²) in [5.74, 6) is 0.310. The third-order valence-electron chi connectivity index (χ3n) is 6.11. The maximum absolute atomic E-state index is 10.8. The van der Waals surface area contributed by atoms with E-state index in [0.29, 0.717) is 12.5 Å². The molecule has 1 unspecified atom stereocenters. The van der Waals surface area contributed by atoms with Crippen molar-refractivity contribution >= 4 is 44.0 Å². The third-order valence-corrected chi connectivity index (χ3v) is 6.90. The van der Waals surface area contributed by atoms with Crippen LogP contribution in [0, 0.1) is 33.6 Å². The van der Waals surface area contributed by atoms with Gasteiger partial charge in [-0.15, -0.1) is 0 Å². The van der Waals surface area contributed by atoms with Gasteiger partial charge in [-0.3, -0.25) is 8.74 Å². The predicted molar refractivity (Wildman–Crippen MR) is 129 cm³/mol. The summed E-state index contributed by atoms with van der Waals surface area (Å²) in [5.41, 5.74) is 8.00. The van der Waals surface area contributed by atoms with Gasteiger partial charge in [0.15, 0.2) is 0 Å². The van der Waals surface area contributed by atoms with E-state index in [0.717, 1.165) is 41.7 Å². The number of rotatable bonds is 5. The van der Waals surface area contributed by atoms with E-state index in [1.807, 2.05) is 6.92 Å². The highest BCUT2D eigenvalue weighted by Crippen LogP contribution is 2.36. The zero-order valence-corrected chi connectivity index (χ0v) is 20.7. The molecule has 2 aromatic heterocycles. The lowest BCUT2D eigenvalue weighted by Gasteiger charge is -2.34. The first kappa shape index (κ1) is 22.5. The Morgan fingerprint density at radius 3 is 2.39 bits per heavy atom. The van der Waals surface area contributed by atoms with Gasteiger partial charge >= 0.3 is 11.4 Å². The van der Waals surface area contributed by atoms with Crippen LogP contribution in [-0.2, 0) is 15.5 Å². The Kier molecular flexibility index (Phi) is 6.53. The normalized spacial score (nSPS) is 16.3. The van der Waals surface area contributed by atoms with E-state index >= 15 is 0 Å². The van der Waals surface area contributed by atoms with E-state index in [2.05, 4.69) is 70.6 Å². The number of aryl methyl sites for hydroxylation is 4. The van der Waals surface area contributed by atoms with Gasteiger partial charge < -0.3 is 9.47 Å². The lowest BCUT2D eigenvalue weighted by atomic mass is 9.97. The number of anilines is 1. The highest BCUT2D eigenvalue weighted by Gasteiger charge is 2.24. The van der Waals surface area contributed by atoms with Crippen LogP contribution < -0.4 is 4.90 Å². The fourth-order valence-electron chi connectivity index (χ4n) is 4.71. The van der Waals surface area contributed by atoms with Crippen LogP contribution in [0.3, 0.4) is 0 Å². The average Bonchev–Trinajstić information content (AvgIpc) is 3.01. The number of aromatic nitrogens is 2. The van der Waals surface area contributed by atoms with Gasteiger partial charge in [0.05, 0.1) is 12.3 Å². The summed E-state index contributed by atoms with van der Waals surface area (Å²) in [7, 11) is 0. The Bertz CT molecular complexity index is 1130. The molecule has 0 spiro atoms. The molecule has 6 nitrogen and oxygen atoms in total. The lowest BCUT2D eigenvalue weighted by molar-refractivity contribution is 0.223. The van der Waals surface area contributed by atoms with Crippen LogP contribution in [0.4, 0.5) is 5.69 Å². The molecule has 0 bridgehead atoms. The zero-order valence-electron chi connectivity index (χ0n) is 18.3. The SMILES string of the molecule is Cc1cc(N2CCC(COS(=O)O)CC2)c2c(C)cn(-c3c(C)cc(Br)cc3C)c2n1. The summed E-state index contributed by atoms with van der Waals surface area (Å²) in [6, 6.07) is 6.47. The van der Waals surface area contributed by atoms with Crippen molar-refractivity contribution in [2.75, 3.05) is 24.6 Å². The molecule has 1 aliphatic heterocycles. The summed E-state index contributed by atoms with van der Waals surface area (Å²) in [6.45, 7) is 10.6. The molecule has 0 radical (unpaired) electrons. The second-order valence-electron chi connectivity index (χ2n) is 8.48. The second-order valence-corrected chi connectivity index (χ2v) is 10.1. The Hall–Kier alpha value is -1.74. The monoisotopic (exact) mass is 505 g/mol. The minimum Gasteiger partial charge on any atom is -0.371 e. The number of piperidine rings is 1. The predicted octanol–water partition coefficient (Wildman–Crippen LogP) is 5.39. The lowest BCUT2D eigenvalue weighted by Crippen LogP contribution is -2.35. The first-order chi connectivity index (χ1) is 14.7. The summed E-state index contributed by atoms with van der Waals surface area (Å²) < 4.78 is 27.9. The van der Waals surface area contributed by atoms with Gasteiger partial charge in [0.1, 0.15) is 5.65 Å². The smallest absolute Gasteiger partial charge is 0.301 e. The Morgan fingerprint density at radius 2 is 1.77 bits per heavy atom. The first-order valence-corrected chi connectivity index (χ1v) is 12.3. The Labute approximate surface area is 194 Å². The molecule has 1 fully saturated rings. The van der Waals surface area contributed by atoms with Gasteiger partial charge in [0, 0.05) is 40.5 Å². The van der Waals surface area contributed by atoms with Crippen LogP contribution >= 0.6 is 15.9 Å². The van der Waals surface area contributed by atoms with Crippen LogP contribution in [0.2, 0.25) is 0 Å². The molecule has 166 valence electrons. The van der Waals surface area contributed by atoms with E-state index in [9.17, 15) is 4.21 Å². The Balaban J connectivity index is 1.72. The molecule has 1 aliphatic rings. The van der Waals surface area contributed by atoms with Crippen molar-refractivity contribution in [2.24, 2.45) is 5.92 Å². The molecule has 0 amide bonds. The molecular weight excluding hydrogens is 478 g/mol. The molecule has 1 aromatic carbocycles. The zero-order chi connectivity index (χ0) is 22.3. The molecule has 0 saturated carbocycles. The van der Waals surface area contributed by atoms with E-state index in [-0.39, 0.29) is 0 Å². The molecule has 3 heterocycles. The Morgan fingerprint density at radius 1 is 1.13 bits per heavy atom. The number of hydrogen-bond acceptors (Lipinski definition) is 4. The molecule has 3 aromatic rings. The topological polar surface area (TPSA) is 67.6 Å². The van der Waals surface area contributed by atoms with Crippen molar-refractivity contribution in [1.82, 2.24) is 9.55 Å². The van der Waals surface area contributed by atoms with Crippen LogP contribution in [0.5, 0.6) is 0 Å². The number of halogens is 1. The molecule has 1 atom stereocenters. The summed E-state index contributed by atoms with van der Waals surface area (Å²) in [6.07, 6.45) is 4.07. The van der Waals surface area contributed by atoms with Crippen LogP contribution in [0.25, 0.3) is 16.7 Å². The molecule has 8 heteroatoms. The fraction of sp³-hybridized carbons (Fsp3) is 0.435. The molecule has 1 saturated heterocycles. The molecular formula is C23H28BrN3O3S. The first-order valence-electron chi connectivity index (χ1n) is 10.5. The standard InChI is InChI=1S/C23H28BrN3O3S/c1-14-9-19(24)10-15(2)22(14)27-12-16(3)21-20(11-17(4)25-23(21)27)26-7-5-18(6-8-26)13-30-31(28)29/h9-12,18H,5-8,13H2,1-4H3,(H,28,29). The van der Waals surface area contributed by atoms with Gasteiger partial charge in [-0.2, -0.15) is 4.21 Å². The quantitative estimate of drug-likeness (QED) is 0.470. The maximum Gasteiger partial charge on any atom is 0.301 e. The van der Waals surface area contributed by atoms with E-state index in [4.69, 9.17) is 13.7 Å². The number of nitrogens with zero attached hydrogens (tertiary/aromatic N) is 3. The van der Waals surface area contributed by atoms with Crippen molar-refractivity contribution in [2.45, 2.75) is 40.5 Å². The highest BCUT2D eigenvalue weighted by atomic mass is 79.9. The number of hydrogen-bond donors (Lipinski definition) is 1. The van der Waals surface area contributed by atoms with Crippen molar-refractivity contribution < 1.29 is 12.9 Å². The maximum atomic E-state index is 10.8.